The Bertz CT molecular complexity index is 2140. The van der Waals surface area contributed by atoms with Crippen molar-refractivity contribution in [3.63, 3.8) is 0 Å². The molecule has 0 aliphatic carbocycles. The van der Waals surface area contributed by atoms with Gasteiger partial charge in [0.05, 0.1) is 36.6 Å². The van der Waals surface area contributed by atoms with Gasteiger partial charge in [-0.25, -0.2) is 9.79 Å². The highest BCUT2D eigenvalue weighted by Gasteiger charge is 2.36. The van der Waals surface area contributed by atoms with E-state index in [0.717, 1.165) is 23.3 Å². The number of rotatable bonds is 11. The number of benzene rings is 4. The smallest absolute Gasteiger partial charge is 0.338 e. The molecule has 0 N–H and O–H groups in total. The van der Waals surface area contributed by atoms with Crippen LogP contribution in [0.15, 0.2) is 106 Å². The summed E-state index contributed by atoms with van der Waals surface area (Å²) in [5.74, 6) is 1.31. The van der Waals surface area contributed by atoms with Gasteiger partial charge in [0.1, 0.15) is 29.9 Å². The van der Waals surface area contributed by atoms with Gasteiger partial charge >= 0.3 is 5.97 Å². The Morgan fingerprint density at radius 3 is 2.45 bits per heavy atom. The molecule has 4 aromatic carbocycles. The molecule has 1 aliphatic rings. The number of methoxy groups -OCH3 is 2. The summed E-state index contributed by atoms with van der Waals surface area (Å²) < 4.78 is 24.9. The molecule has 0 amide bonds. The number of thiazole rings is 1. The lowest BCUT2D eigenvalue weighted by Crippen LogP contribution is -2.40. The maximum absolute atomic E-state index is 14.2. The van der Waals surface area contributed by atoms with Crippen molar-refractivity contribution in [1.82, 2.24) is 4.57 Å². The van der Waals surface area contributed by atoms with E-state index in [1.165, 1.54) is 22.1 Å². The first kappa shape index (κ1) is 31.8. The molecule has 6 rings (SSSR count). The van der Waals surface area contributed by atoms with Gasteiger partial charge in [-0.3, -0.25) is 9.36 Å². The second-order valence-corrected chi connectivity index (χ2v) is 12.0. The molecule has 0 saturated heterocycles. The third-order valence-corrected chi connectivity index (χ3v) is 9.06. The standard InChI is InChI=1S/C38H36N2O6S/c1-5-10-31-34(37(42)45-6-2)35(30-22-28(43-3)19-20-32(30)44-4)40-36(41)33(47-38(40)39-31)21-24-15-17-27(18-16-24)46-23-26-13-9-12-25-11-7-8-14-29(25)26/h7-9,11-22,35H,5-6,10,23H2,1-4H3/b33-21-/t35-/m0/s1. The largest absolute Gasteiger partial charge is 0.497 e. The third-order valence-electron chi connectivity index (χ3n) is 8.08. The first-order valence-corrected chi connectivity index (χ1v) is 16.4. The van der Waals surface area contributed by atoms with Crippen LogP contribution >= 0.6 is 11.3 Å². The predicted molar refractivity (Wildman–Crippen MR) is 184 cm³/mol. The van der Waals surface area contributed by atoms with E-state index < -0.39 is 12.0 Å². The lowest BCUT2D eigenvalue weighted by atomic mass is 9.93. The molecular formula is C38H36N2O6S. The summed E-state index contributed by atoms with van der Waals surface area (Å²) in [6.45, 7) is 4.41. The highest BCUT2D eigenvalue weighted by atomic mass is 32.1. The molecule has 1 aliphatic heterocycles. The normalized spacial score (nSPS) is 14.5. The summed E-state index contributed by atoms with van der Waals surface area (Å²) in [4.78, 5) is 33.1. The second-order valence-electron chi connectivity index (χ2n) is 11.0. The third kappa shape index (κ3) is 6.44. The molecule has 0 unspecified atom stereocenters. The molecule has 0 bridgehead atoms. The first-order chi connectivity index (χ1) is 22.9. The molecule has 0 saturated carbocycles. The van der Waals surface area contributed by atoms with Crippen LogP contribution < -0.4 is 29.1 Å². The minimum Gasteiger partial charge on any atom is -0.497 e. The average molecular weight is 649 g/mol. The van der Waals surface area contributed by atoms with Crippen molar-refractivity contribution in [2.75, 3.05) is 20.8 Å². The fourth-order valence-corrected chi connectivity index (χ4v) is 6.88. The number of fused-ring (bicyclic) bond motifs is 2. The maximum atomic E-state index is 14.2. The van der Waals surface area contributed by atoms with Crippen LogP contribution in [-0.2, 0) is 16.1 Å². The highest BCUT2D eigenvalue weighted by molar-refractivity contribution is 7.07. The van der Waals surface area contributed by atoms with Crippen LogP contribution in [0.4, 0.5) is 0 Å². The number of ether oxygens (including phenoxy) is 4. The van der Waals surface area contributed by atoms with E-state index in [0.29, 0.717) is 50.7 Å². The minimum absolute atomic E-state index is 0.190. The zero-order valence-electron chi connectivity index (χ0n) is 26.8. The van der Waals surface area contributed by atoms with Gasteiger partial charge in [0, 0.05) is 5.56 Å². The van der Waals surface area contributed by atoms with Gasteiger partial charge in [-0.2, -0.15) is 0 Å². The molecule has 5 aromatic rings. The highest BCUT2D eigenvalue weighted by Crippen LogP contribution is 2.38. The zero-order chi connectivity index (χ0) is 32.9. The Kier molecular flexibility index (Phi) is 9.54. The Morgan fingerprint density at radius 1 is 0.936 bits per heavy atom. The van der Waals surface area contributed by atoms with E-state index in [4.69, 9.17) is 23.9 Å². The number of nitrogens with zero attached hydrogens (tertiary/aromatic N) is 2. The van der Waals surface area contributed by atoms with E-state index in [-0.39, 0.29) is 12.2 Å². The molecule has 0 fully saturated rings. The SMILES string of the molecule is CCCC1=C(C(=O)OCC)[C@H](c2cc(OC)ccc2OC)n2c(s/c(=C\c3ccc(OCc4cccc5ccccc45)cc3)c2=O)=N1. The van der Waals surface area contributed by atoms with Gasteiger partial charge in [-0.15, -0.1) is 0 Å². The lowest BCUT2D eigenvalue weighted by molar-refractivity contribution is -0.139. The van der Waals surface area contributed by atoms with E-state index in [9.17, 15) is 9.59 Å². The Hall–Kier alpha value is -5.15. The summed E-state index contributed by atoms with van der Waals surface area (Å²) in [5.41, 5.74) is 3.21. The lowest BCUT2D eigenvalue weighted by Gasteiger charge is -2.27. The second kappa shape index (κ2) is 14.1. The van der Waals surface area contributed by atoms with Crippen LogP contribution in [0.25, 0.3) is 16.8 Å². The fraction of sp³-hybridized carbons (Fsp3) is 0.237. The van der Waals surface area contributed by atoms with Crippen LogP contribution in [0.2, 0.25) is 0 Å². The maximum Gasteiger partial charge on any atom is 0.338 e. The molecule has 0 spiro atoms. The van der Waals surface area contributed by atoms with Crippen LogP contribution in [0, 0.1) is 0 Å². The summed E-state index contributed by atoms with van der Waals surface area (Å²) in [5, 5.41) is 2.34. The molecule has 2 heterocycles. The topological polar surface area (TPSA) is 88.4 Å². The quantitative estimate of drug-likeness (QED) is 0.156. The van der Waals surface area contributed by atoms with Gasteiger partial charge < -0.3 is 18.9 Å². The van der Waals surface area contributed by atoms with Crippen molar-refractivity contribution in [1.29, 1.82) is 0 Å². The van der Waals surface area contributed by atoms with E-state index in [1.807, 2.05) is 55.5 Å². The van der Waals surface area contributed by atoms with Gasteiger partial charge in [0.2, 0.25) is 0 Å². The number of aromatic nitrogens is 1. The Balaban J connectivity index is 1.39. The number of hydrogen-bond acceptors (Lipinski definition) is 8. The first-order valence-electron chi connectivity index (χ1n) is 15.6. The predicted octanol–water partition coefficient (Wildman–Crippen LogP) is 6.33. The Labute approximate surface area is 276 Å². The van der Waals surface area contributed by atoms with Crippen molar-refractivity contribution in [2.24, 2.45) is 4.99 Å². The number of hydrogen-bond donors (Lipinski definition) is 0. The van der Waals surface area contributed by atoms with Crippen molar-refractivity contribution in [3.8, 4) is 17.2 Å². The van der Waals surface area contributed by atoms with Crippen LogP contribution in [0.3, 0.4) is 0 Å². The number of esters is 1. The number of allylic oxidation sites excluding steroid dienone is 1. The molecular weight excluding hydrogens is 612 g/mol. The Morgan fingerprint density at radius 2 is 1.70 bits per heavy atom. The zero-order valence-corrected chi connectivity index (χ0v) is 27.6. The fourth-order valence-electron chi connectivity index (χ4n) is 5.86. The van der Waals surface area contributed by atoms with Crippen molar-refractivity contribution in [2.45, 2.75) is 39.3 Å². The van der Waals surface area contributed by atoms with Crippen LogP contribution in [0.5, 0.6) is 17.2 Å². The van der Waals surface area contributed by atoms with Crippen molar-refractivity contribution in [3.05, 3.63) is 133 Å². The summed E-state index contributed by atoms with van der Waals surface area (Å²) in [6, 6.07) is 26.6. The monoisotopic (exact) mass is 648 g/mol. The average Bonchev–Trinajstić information content (AvgIpc) is 3.40. The van der Waals surface area contributed by atoms with Crippen molar-refractivity contribution >= 4 is 34.2 Å². The number of carbonyl (C=O) groups excluding carboxylic acids is 1. The van der Waals surface area contributed by atoms with Gasteiger partial charge in [0.25, 0.3) is 5.56 Å². The van der Waals surface area contributed by atoms with E-state index in [1.54, 1.807) is 43.9 Å². The van der Waals surface area contributed by atoms with E-state index in [2.05, 4.69) is 24.3 Å². The van der Waals surface area contributed by atoms with Gasteiger partial charge in [-0.1, -0.05) is 79.3 Å². The molecule has 240 valence electrons. The van der Waals surface area contributed by atoms with Crippen LogP contribution in [-0.4, -0.2) is 31.4 Å². The van der Waals surface area contributed by atoms with Crippen LogP contribution in [0.1, 0.15) is 49.4 Å². The van der Waals surface area contributed by atoms with Gasteiger partial charge in [-0.05, 0) is 71.7 Å². The molecule has 47 heavy (non-hydrogen) atoms. The summed E-state index contributed by atoms with van der Waals surface area (Å²) >= 11 is 1.29. The van der Waals surface area contributed by atoms with Gasteiger partial charge in [0.15, 0.2) is 4.80 Å². The van der Waals surface area contributed by atoms with Crippen molar-refractivity contribution < 1.29 is 23.7 Å². The molecule has 1 atom stereocenters. The molecule has 9 heteroatoms. The summed E-state index contributed by atoms with van der Waals surface area (Å²) in [6.07, 6.45) is 3.14. The summed E-state index contributed by atoms with van der Waals surface area (Å²) in [7, 11) is 3.13. The number of carbonyl (C=O) groups is 1. The molecule has 8 nitrogen and oxygen atoms in total. The van der Waals surface area contributed by atoms with E-state index >= 15 is 0 Å². The minimum atomic E-state index is -0.816. The molecule has 0 radical (unpaired) electrons. The molecule has 1 aromatic heterocycles.